The number of amides is 1. The molecule has 0 aliphatic carbocycles. The lowest BCUT2D eigenvalue weighted by molar-refractivity contribution is 0.0526. The number of anilines is 2. The van der Waals surface area contributed by atoms with Crippen LogP contribution in [0, 0.1) is 0 Å². The fourth-order valence-electron chi connectivity index (χ4n) is 2.87. The molecule has 3 aromatic carbocycles. The highest BCUT2D eigenvalue weighted by atomic mass is 35.5. The molecule has 0 unspecified atom stereocenters. The van der Waals surface area contributed by atoms with Crippen molar-refractivity contribution < 1.29 is 22.7 Å². The molecule has 0 heterocycles. The summed E-state index contributed by atoms with van der Waals surface area (Å²) in [6.07, 6.45) is 0. The summed E-state index contributed by atoms with van der Waals surface area (Å²) in [6.45, 7) is 1.97. The van der Waals surface area contributed by atoms with Crippen LogP contribution in [0.25, 0.3) is 0 Å². The van der Waals surface area contributed by atoms with Gasteiger partial charge in [0.1, 0.15) is 0 Å². The number of esters is 1. The normalized spacial score (nSPS) is 11.0. The number of hydrogen-bond donors (Lipinski definition) is 1. The summed E-state index contributed by atoms with van der Waals surface area (Å²) < 4.78 is 31.7. The molecule has 0 aliphatic rings. The number of sulfonamides is 1. The van der Waals surface area contributed by atoms with Gasteiger partial charge in [-0.25, -0.2) is 13.2 Å². The first-order chi connectivity index (χ1) is 15.2. The molecule has 0 bridgehead atoms. The second-order valence-electron chi connectivity index (χ2n) is 6.73. The summed E-state index contributed by atoms with van der Waals surface area (Å²) in [7, 11) is -2.35. The van der Waals surface area contributed by atoms with Crippen molar-refractivity contribution in [1.29, 1.82) is 0 Å². The molecule has 0 spiro atoms. The molecule has 0 aromatic heterocycles. The zero-order chi connectivity index (χ0) is 23.3. The van der Waals surface area contributed by atoms with Gasteiger partial charge in [0.25, 0.3) is 15.9 Å². The molecular formula is C23H21ClN2O5S. The van der Waals surface area contributed by atoms with Gasteiger partial charge in [0.05, 0.1) is 22.8 Å². The van der Waals surface area contributed by atoms with E-state index in [0.717, 1.165) is 4.31 Å². The number of nitrogens with zero attached hydrogens (tertiary/aromatic N) is 1. The van der Waals surface area contributed by atoms with E-state index in [1.165, 1.54) is 61.6 Å². The number of hydrogen-bond acceptors (Lipinski definition) is 5. The maximum atomic E-state index is 12.8. The molecule has 1 amide bonds. The molecule has 3 aromatic rings. The monoisotopic (exact) mass is 472 g/mol. The SMILES string of the molecule is CCOC(=O)c1cccc(NC(=O)c2ccc(N(C)S(=O)(=O)c3ccc(Cl)cc3)cc2)c1. The van der Waals surface area contributed by atoms with Crippen molar-refractivity contribution in [1.82, 2.24) is 0 Å². The van der Waals surface area contributed by atoms with E-state index in [1.54, 1.807) is 25.1 Å². The van der Waals surface area contributed by atoms with Gasteiger partial charge in [-0.15, -0.1) is 0 Å². The maximum absolute atomic E-state index is 12.8. The van der Waals surface area contributed by atoms with Crippen LogP contribution in [0.4, 0.5) is 11.4 Å². The van der Waals surface area contributed by atoms with Crippen LogP contribution in [0.5, 0.6) is 0 Å². The van der Waals surface area contributed by atoms with Crippen molar-refractivity contribution in [2.45, 2.75) is 11.8 Å². The molecule has 3 rings (SSSR count). The number of carbonyl (C=O) groups is 2. The molecule has 0 saturated carbocycles. The predicted molar refractivity (Wildman–Crippen MR) is 124 cm³/mol. The molecule has 7 nitrogen and oxygen atoms in total. The molecule has 1 N–H and O–H groups in total. The van der Waals surface area contributed by atoms with Gasteiger partial charge < -0.3 is 10.1 Å². The van der Waals surface area contributed by atoms with E-state index in [1.807, 2.05) is 0 Å². The Kier molecular flexibility index (Phi) is 7.17. The van der Waals surface area contributed by atoms with E-state index >= 15 is 0 Å². The lowest BCUT2D eigenvalue weighted by Crippen LogP contribution is -2.26. The average Bonchev–Trinajstić information content (AvgIpc) is 2.79. The highest BCUT2D eigenvalue weighted by Gasteiger charge is 2.21. The number of carbonyl (C=O) groups excluding carboxylic acids is 2. The summed E-state index contributed by atoms with van der Waals surface area (Å²) >= 11 is 5.83. The Morgan fingerprint density at radius 2 is 1.62 bits per heavy atom. The summed E-state index contributed by atoms with van der Waals surface area (Å²) in [4.78, 5) is 24.5. The van der Waals surface area contributed by atoms with E-state index in [0.29, 0.717) is 27.5 Å². The number of halogens is 1. The van der Waals surface area contributed by atoms with Crippen LogP contribution >= 0.6 is 11.6 Å². The van der Waals surface area contributed by atoms with Crippen molar-refractivity contribution >= 4 is 44.9 Å². The summed E-state index contributed by atoms with van der Waals surface area (Å²) in [5.41, 5.74) is 1.48. The van der Waals surface area contributed by atoms with Crippen molar-refractivity contribution in [3.63, 3.8) is 0 Å². The first-order valence-electron chi connectivity index (χ1n) is 9.65. The smallest absolute Gasteiger partial charge is 0.338 e. The van der Waals surface area contributed by atoms with Gasteiger partial charge in [0, 0.05) is 23.3 Å². The minimum Gasteiger partial charge on any atom is -0.462 e. The summed E-state index contributed by atoms with van der Waals surface area (Å²) in [6, 6.07) is 18.4. The Labute approximate surface area is 191 Å². The van der Waals surface area contributed by atoms with Gasteiger partial charge >= 0.3 is 5.97 Å². The Bertz CT molecular complexity index is 1230. The lowest BCUT2D eigenvalue weighted by atomic mass is 10.1. The largest absolute Gasteiger partial charge is 0.462 e. The van der Waals surface area contributed by atoms with Gasteiger partial charge in [-0.2, -0.15) is 0 Å². The fourth-order valence-corrected chi connectivity index (χ4v) is 4.19. The Balaban J connectivity index is 1.74. The number of ether oxygens (including phenoxy) is 1. The van der Waals surface area contributed by atoms with Crippen molar-refractivity contribution in [2.75, 3.05) is 23.3 Å². The second-order valence-corrected chi connectivity index (χ2v) is 9.13. The minimum atomic E-state index is -3.78. The molecule has 0 fully saturated rings. The minimum absolute atomic E-state index is 0.104. The third kappa shape index (κ3) is 5.27. The number of nitrogens with one attached hydrogen (secondary N) is 1. The van der Waals surface area contributed by atoms with Crippen LogP contribution in [0.1, 0.15) is 27.6 Å². The standard InChI is InChI=1S/C23H21ClN2O5S/c1-3-31-23(28)17-5-4-6-19(15-17)25-22(27)16-7-11-20(12-8-16)26(2)32(29,30)21-13-9-18(24)10-14-21/h4-15H,3H2,1-2H3,(H,25,27). The lowest BCUT2D eigenvalue weighted by Gasteiger charge is -2.20. The predicted octanol–water partition coefficient (Wildman–Crippen LogP) is 4.59. The van der Waals surface area contributed by atoms with Crippen LogP contribution in [-0.4, -0.2) is 33.9 Å². The zero-order valence-corrected chi connectivity index (χ0v) is 19.0. The topological polar surface area (TPSA) is 92.8 Å². The van der Waals surface area contributed by atoms with Gasteiger partial charge in [-0.3, -0.25) is 9.10 Å². The second kappa shape index (κ2) is 9.84. The highest BCUT2D eigenvalue weighted by molar-refractivity contribution is 7.92. The highest BCUT2D eigenvalue weighted by Crippen LogP contribution is 2.24. The van der Waals surface area contributed by atoms with Crippen LogP contribution in [0.2, 0.25) is 5.02 Å². The zero-order valence-electron chi connectivity index (χ0n) is 17.4. The van der Waals surface area contributed by atoms with E-state index in [-0.39, 0.29) is 11.5 Å². The fraction of sp³-hybridized carbons (Fsp3) is 0.130. The van der Waals surface area contributed by atoms with Crippen LogP contribution < -0.4 is 9.62 Å². The molecular weight excluding hydrogens is 452 g/mol. The maximum Gasteiger partial charge on any atom is 0.338 e. The third-order valence-corrected chi connectivity index (χ3v) is 6.65. The van der Waals surface area contributed by atoms with E-state index < -0.39 is 21.9 Å². The van der Waals surface area contributed by atoms with E-state index in [9.17, 15) is 18.0 Å². The summed E-state index contributed by atoms with van der Waals surface area (Å²) in [5.74, 6) is -0.876. The quantitative estimate of drug-likeness (QED) is 0.507. The van der Waals surface area contributed by atoms with Gasteiger partial charge in [-0.1, -0.05) is 17.7 Å². The number of benzene rings is 3. The first kappa shape index (κ1) is 23.3. The van der Waals surface area contributed by atoms with Crippen molar-refractivity contribution in [3.05, 3.63) is 88.9 Å². The van der Waals surface area contributed by atoms with Crippen molar-refractivity contribution in [3.8, 4) is 0 Å². The van der Waals surface area contributed by atoms with Gasteiger partial charge in [0.15, 0.2) is 0 Å². The van der Waals surface area contributed by atoms with E-state index in [4.69, 9.17) is 16.3 Å². The van der Waals surface area contributed by atoms with Crippen LogP contribution in [0.3, 0.4) is 0 Å². The third-order valence-electron chi connectivity index (χ3n) is 4.60. The molecule has 0 saturated heterocycles. The van der Waals surface area contributed by atoms with E-state index in [2.05, 4.69) is 5.32 Å². The molecule has 32 heavy (non-hydrogen) atoms. The van der Waals surface area contributed by atoms with Crippen LogP contribution in [0.15, 0.2) is 77.7 Å². The summed E-state index contributed by atoms with van der Waals surface area (Å²) in [5, 5.41) is 3.15. The Hall–Kier alpha value is -3.36. The average molecular weight is 473 g/mol. The molecule has 0 radical (unpaired) electrons. The molecule has 166 valence electrons. The van der Waals surface area contributed by atoms with Gasteiger partial charge in [-0.05, 0) is 73.7 Å². The van der Waals surface area contributed by atoms with Crippen LogP contribution in [-0.2, 0) is 14.8 Å². The first-order valence-corrected chi connectivity index (χ1v) is 11.5. The van der Waals surface area contributed by atoms with Crippen molar-refractivity contribution in [2.24, 2.45) is 0 Å². The Morgan fingerprint density at radius 3 is 2.25 bits per heavy atom. The number of rotatable bonds is 7. The van der Waals surface area contributed by atoms with Gasteiger partial charge in [0.2, 0.25) is 0 Å². The molecule has 9 heteroatoms. The molecule has 0 atom stereocenters. The Morgan fingerprint density at radius 1 is 0.969 bits per heavy atom. The molecule has 0 aliphatic heterocycles.